The molecule has 98 valence electrons. The minimum absolute atomic E-state index is 0.0334. The summed E-state index contributed by atoms with van der Waals surface area (Å²) in [5.74, 6) is -0.661. The maximum Gasteiger partial charge on any atom is 0.296 e. The number of hydrogen-bond donors (Lipinski definition) is 0. The summed E-state index contributed by atoms with van der Waals surface area (Å²) in [6.45, 7) is 4.39. The molecule has 1 aliphatic heterocycles. The van der Waals surface area contributed by atoms with Crippen molar-refractivity contribution < 1.29 is 14.6 Å². The van der Waals surface area contributed by atoms with Crippen LogP contribution in [0.3, 0.4) is 0 Å². The highest BCUT2D eigenvalue weighted by Gasteiger charge is 2.70. The Balaban J connectivity index is 2.15. The molecule has 1 heterocycles. The Morgan fingerprint density at radius 1 is 1.12 bits per heavy atom. The van der Waals surface area contributed by atoms with E-state index in [1.54, 1.807) is 0 Å². The molecule has 0 bridgehead atoms. The fourth-order valence-electron chi connectivity index (χ4n) is 3.26. The second-order valence-corrected chi connectivity index (χ2v) is 5.55. The summed E-state index contributed by atoms with van der Waals surface area (Å²) in [5.41, 5.74) is -0.0334. The number of carbonyl (C=O) groups is 1. The van der Waals surface area contributed by atoms with Gasteiger partial charge in [0, 0.05) is 11.8 Å². The Kier molecular flexibility index (Phi) is 3.88. The molecular formula is C14H24O3. The SMILES string of the molecule is CCCCC1(CCCC)CCCC(=O)C12OO2. The van der Waals surface area contributed by atoms with Gasteiger partial charge in [0.05, 0.1) is 0 Å². The van der Waals surface area contributed by atoms with E-state index < -0.39 is 5.79 Å². The second kappa shape index (κ2) is 5.07. The fourth-order valence-corrected chi connectivity index (χ4v) is 3.26. The van der Waals surface area contributed by atoms with Crippen LogP contribution in [0.4, 0.5) is 0 Å². The van der Waals surface area contributed by atoms with Gasteiger partial charge in [-0.1, -0.05) is 39.5 Å². The number of unbranched alkanes of at least 4 members (excludes halogenated alkanes) is 2. The number of hydrogen-bond acceptors (Lipinski definition) is 3. The molecule has 2 rings (SSSR count). The molecule has 0 aromatic heterocycles. The molecule has 0 amide bonds. The molecule has 0 atom stereocenters. The average Bonchev–Trinajstić information content (AvgIpc) is 3.12. The van der Waals surface area contributed by atoms with Gasteiger partial charge in [0.1, 0.15) is 0 Å². The first-order chi connectivity index (χ1) is 8.21. The van der Waals surface area contributed by atoms with Crippen molar-refractivity contribution in [2.45, 2.75) is 77.4 Å². The molecule has 0 aromatic rings. The lowest BCUT2D eigenvalue weighted by Crippen LogP contribution is -2.47. The van der Waals surface area contributed by atoms with Crippen molar-refractivity contribution in [3.63, 3.8) is 0 Å². The van der Waals surface area contributed by atoms with Gasteiger partial charge in [0.15, 0.2) is 5.78 Å². The summed E-state index contributed by atoms with van der Waals surface area (Å²) in [7, 11) is 0. The van der Waals surface area contributed by atoms with Crippen molar-refractivity contribution in [1.82, 2.24) is 0 Å². The molecular weight excluding hydrogens is 216 g/mol. The van der Waals surface area contributed by atoms with Gasteiger partial charge in [-0.05, 0) is 25.7 Å². The first kappa shape index (κ1) is 13.0. The van der Waals surface area contributed by atoms with Crippen molar-refractivity contribution in [3.8, 4) is 0 Å². The summed E-state index contributed by atoms with van der Waals surface area (Å²) in [6, 6.07) is 0. The van der Waals surface area contributed by atoms with E-state index in [9.17, 15) is 4.79 Å². The smallest absolute Gasteiger partial charge is 0.293 e. The number of ketones is 1. The zero-order valence-corrected chi connectivity index (χ0v) is 11.1. The molecule has 0 aromatic carbocycles. The summed E-state index contributed by atoms with van der Waals surface area (Å²) >= 11 is 0. The third kappa shape index (κ3) is 2.15. The monoisotopic (exact) mass is 240 g/mol. The zero-order valence-electron chi connectivity index (χ0n) is 11.1. The first-order valence-electron chi connectivity index (χ1n) is 7.11. The largest absolute Gasteiger partial charge is 0.296 e. The Hall–Kier alpha value is -0.410. The van der Waals surface area contributed by atoms with E-state index in [1.165, 1.54) is 0 Å². The number of Topliss-reactive ketones (excluding diaryl/α,β-unsaturated/α-hetero) is 1. The minimum Gasteiger partial charge on any atom is -0.293 e. The quantitative estimate of drug-likeness (QED) is 0.524. The Bertz CT molecular complexity index is 273. The van der Waals surface area contributed by atoms with Crippen LogP contribution in [0.25, 0.3) is 0 Å². The molecule has 3 heteroatoms. The highest BCUT2D eigenvalue weighted by Crippen LogP contribution is 2.58. The number of rotatable bonds is 6. The Labute approximate surface area is 104 Å². The van der Waals surface area contributed by atoms with Crippen LogP contribution in [0, 0.1) is 5.41 Å². The normalized spacial score (nSPS) is 25.2. The van der Waals surface area contributed by atoms with Crippen molar-refractivity contribution >= 4 is 5.78 Å². The Morgan fingerprint density at radius 3 is 2.18 bits per heavy atom. The van der Waals surface area contributed by atoms with Gasteiger partial charge in [0.2, 0.25) is 0 Å². The van der Waals surface area contributed by atoms with Gasteiger partial charge in [-0.25, -0.2) is 0 Å². The lowest BCUT2D eigenvalue weighted by atomic mass is 9.64. The highest BCUT2D eigenvalue weighted by molar-refractivity contribution is 5.88. The van der Waals surface area contributed by atoms with Crippen molar-refractivity contribution in [3.05, 3.63) is 0 Å². The topological polar surface area (TPSA) is 42.1 Å². The van der Waals surface area contributed by atoms with E-state index in [0.29, 0.717) is 6.42 Å². The van der Waals surface area contributed by atoms with Crippen molar-refractivity contribution in [2.75, 3.05) is 0 Å². The fraction of sp³-hybridized carbons (Fsp3) is 0.929. The molecule has 17 heavy (non-hydrogen) atoms. The van der Waals surface area contributed by atoms with Crippen LogP contribution in [0.5, 0.6) is 0 Å². The predicted molar refractivity (Wildman–Crippen MR) is 65.2 cm³/mol. The standard InChI is InChI=1S/C14H24O3/c1-3-5-9-13(10-6-4-2)11-7-8-12(15)14(13)16-17-14/h3-11H2,1-2H3. The van der Waals surface area contributed by atoms with Gasteiger partial charge in [-0.15, -0.1) is 0 Å². The molecule has 1 spiro atoms. The van der Waals surface area contributed by atoms with Crippen LogP contribution in [0.1, 0.15) is 71.6 Å². The van der Waals surface area contributed by atoms with E-state index in [-0.39, 0.29) is 11.2 Å². The van der Waals surface area contributed by atoms with Crippen LogP contribution in [0.2, 0.25) is 0 Å². The Morgan fingerprint density at radius 2 is 1.71 bits per heavy atom. The van der Waals surface area contributed by atoms with Crippen LogP contribution in [0.15, 0.2) is 0 Å². The van der Waals surface area contributed by atoms with Gasteiger partial charge in [-0.3, -0.25) is 4.79 Å². The van der Waals surface area contributed by atoms with E-state index in [4.69, 9.17) is 9.78 Å². The number of carbonyl (C=O) groups excluding carboxylic acids is 1. The average molecular weight is 240 g/mol. The van der Waals surface area contributed by atoms with E-state index >= 15 is 0 Å². The van der Waals surface area contributed by atoms with Crippen LogP contribution >= 0.6 is 0 Å². The lowest BCUT2D eigenvalue weighted by Gasteiger charge is -2.39. The van der Waals surface area contributed by atoms with E-state index in [2.05, 4.69) is 13.8 Å². The van der Waals surface area contributed by atoms with Crippen LogP contribution in [-0.2, 0) is 14.6 Å². The summed E-state index contributed by atoms with van der Waals surface area (Å²) in [5, 5.41) is 0. The zero-order chi connectivity index (χ0) is 12.4. The van der Waals surface area contributed by atoms with Crippen LogP contribution < -0.4 is 0 Å². The van der Waals surface area contributed by atoms with Gasteiger partial charge in [-0.2, -0.15) is 9.78 Å². The molecule has 3 nitrogen and oxygen atoms in total. The maximum absolute atomic E-state index is 12.1. The maximum atomic E-state index is 12.1. The summed E-state index contributed by atoms with van der Waals surface area (Å²) < 4.78 is 0. The molecule has 0 radical (unpaired) electrons. The molecule has 2 fully saturated rings. The van der Waals surface area contributed by atoms with E-state index in [1.807, 2.05) is 0 Å². The van der Waals surface area contributed by atoms with Crippen LogP contribution in [-0.4, -0.2) is 11.6 Å². The lowest BCUT2D eigenvalue weighted by molar-refractivity contribution is -0.135. The molecule has 0 N–H and O–H groups in total. The van der Waals surface area contributed by atoms with Gasteiger partial charge < -0.3 is 0 Å². The van der Waals surface area contributed by atoms with Crippen molar-refractivity contribution in [1.29, 1.82) is 0 Å². The second-order valence-electron chi connectivity index (χ2n) is 5.55. The molecule has 2 aliphatic rings. The van der Waals surface area contributed by atoms with E-state index in [0.717, 1.165) is 51.4 Å². The third-order valence-corrected chi connectivity index (χ3v) is 4.39. The molecule has 1 saturated heterocycles. The highest BCUT2D eigenvalue weighted by atomic mass is 17.4. The molecule has 1 saturated carbocycles. The summed E-state index contributed by atoms with van der Waals surface area (Å²) in [4.78, 5) is 22.5. The van der Waals surface area contributed by atoms with Gasteiger partial charge in [0.25, 0.3) is 5.79 Å². The van der Waals surface area contributed by atoms with Gasteiger partial charge >= 0.3 is 0 Å². The molecule has 0 unspecified atom stereocenters. The first-order valence-corrected chi connectivity index (χ1v) is 7.11. The predicted octanol–water partition coefficient (Wildman–Crippen LogP) is 3.76. The third-order valence-electron chi connectivity index (χ3n) is 4.39. The minimum atomic E-state index is -0.838. The summed E-state index contributed by atoms with van der Waals surface area (Å²) in [6.07, 6.45) is 9.48. The molecule has 1 aliphatic carbocycles. The van der Waals surface area contributed by atoms with Crippen molar-refractivity contribution in [2.24, 2.45) is 5.41 Å².